The molecule has 6 heteroatoms. The fourth-order valence-corrected chi connectivity index (χ4v) is 2.09. The standard InChI is InChI=1S/C9H10N2O3S/c1-11-2-3-15-9(11)10-7(12)5-4-6(5)8(13)14/h2-3,5-6H,4H2,1H3,(H,13,14)/t5-,6-/m0/s1. The molecule has 1 heterocycles. The van der Waals surface area contributed by atoms with Crippen molar-refractivity contribution < 1.29 is 14.7 Å². The molecule has 0 bridgehead atoms. The zero-order chi connectivity index (χ0) is 11.0. The van der Waals surface area contributed by atoms with Crippen LogP contribution in [0, 0.1) is 11.8 Å². The van der Waals surface area contributed by atoms with Gasteiger partial charge >= 0.3 is 5.97 Å². The van der Waals surface area contributed by atoms with Gasteiger partial charge in [0, 0.05) is 18.6 Å². The van der Waals surface area contributed by atoms with E-state index >= 15 is 0 Å². The maximum absolute atomic E-state index is 11.5. The summed E-state index contributed by atoms with van der Waals surface area (Å²) < 4.78 is 1.74. The second kappa shape index (κ2) is 3.62. The Kier molecular flexibility index (Phi) is 2.44. The lowest BCUT2D eigenvalue weighted by Crippen LogP contribution is -2.14. The van der Waals surface area contributed by atoms with Crippen LogP contribution in [0.4, 0.5) is 0 Å². The van der Waals surface area contributed by atoms with Crippen LogP contribution in [-0.2, 0) is 16.6 Å². The lowest BCUT2D eigenvalue weighted by molar-refractivity contribution is -0.139. The Bertz CT molecular complexity index is 474. The van der Waals surface area contributed by atoms with Crippen molar-refractivity contribution in [1.82, 2.24) is 4.57 Å². The van der Waals surface area contributed by atoms with Crippen molar-refractivity contribution in [2.45, 2.75) is 6.42 Å². The molecular weight excluding hydrogens is 216 g/mol. The predicted octanol–water partition coefficient (Wildman–Crippen LogP) is 0.235. The number of hydrogen-bond acceptors (Lipinski definition) is 3. The highest BCUT2D eigenvalue weighted by molar-refractivity contribution is 7.07. The SMILES string of the molecule is Cn1ccsc1=NC(=O)[C@H]1C[C@@H]1C(=O)O. The van der Waals surface area contributed by atoms with Gasteiger partial charge in [-0.2, -0.15) is 4.99 Å². The fourth-order valence-electron chi connectivity index (χ4n) is 1.35. The Balaban J connectivity index is 2.13. The number of carboxylic acids is 1. The summed E-state index contributed by atoms with van der Waals surface area (Å²) in [6, 6.07) is 0. The summed E-state index contributed by atoms with van der Waals surface area (Å²) in [5, 5.41) is 10.5. The van der Waals surface area contributed by atoms with Crippen LogP contribution in [0.2, 0.25) is 0 Å². The van der Waals surface area contributed by atoms with Crippen LogP contribution in [0.1, 0.15) is 6.42 Å². The number of aryl methyl sites for hydroxylation is 1. The van der Waals surface area contributed by atoms with Crippen molar-refractivity contribution in [3.63, 3.8) is 0 Å². The maximum atomic E-state index is 11.5. The quantitative estimate of drug-likeness (QED) is 0.785. The number of amides is 1. The minimum atomic E-state index is -0.904. The molecule has 1 aliphatic carbocycles. The lowest BCUT2D eigenvalue weighted by Gasteiger charge is -1.90. The van der Waals surface area contributed by atoms with Gasteiger partial charge in [0.15, 0.2) is 4.80 Å². The minimum Gasteiger partial charge on any atom is -0.481 e. The van der Waals surface area contributed by atoms with Crippen molar-refractivity contribution in [2.75, 3.05) is 0 Å². The van der Waals surface area contributed by atoms with E-state index in [9.17, 15) is 9.59 Å². The van der Waals surface area contributed by atoms with Gasteiger partial charge in [0.25, 0.3) is 5.91 Å². The van der Waals surface area contributed by atoms with E-state index in [1.165, 1.54) is 11.3 Å². The Labute approximate surface area is 89.7 Å². The number of aliphatic carboxylic acids is 1. The predicted molar refractivity (Wildman–Crippen MR) is 53.1 cm³/mol. The van der Waals surface area contributed by atoms with Gasteiger partial charge in [-0.1, -0.05) is 0 Å². The van der Waals surface area contributed by atoms with Gasteiger partial charge in [-0.15, -0.1) is 11.3 Å². The summed E-state index contributed by atoms with van der Waals surface area (Å²) in [6.45, 7) is 0. The molecule has 0 aliphatic heterocycles. The molecule has 5 nitrogen and oxygen atoms in total. The maximum Gasteiger partial charge on any atom is 0.307 e. The highest BCUT2D eigenvalue weighted by atomic mass is 32.1. The smallest absolute Gasteiger partial charge is 0.307 e. The summed E-state index contributed by atoms with van der Waals surface area (Å²) >= 11 is 1.36. The zero-order valence-corrected chi connectivity index (χ0v) is 8.90. The number of aromatic nitrogens is 1. The molecule has 2 rings (SSSR count). The number of carbonyl (C=O) groups is 2. The van der Waals surface area contributed by atoms with E-state index in [1.54, 1.807) is 17.8 Å². The highest BCUT2D eigenvalue weighted by Crippen LogP contribution is 2.39. The zero-order valence-electron chi connectivity index (χ0n) is 8.08. The molecule has 0 aromatic carbocycles. The summed E-state index contributed by atoms with van der Waals surface area (Å²) in [4.78, 5) is 26.6. The van der Waals surface area contributed by atoms with E-state index in [0.717, 1.165) is 0 Å². The van der Waals surface area contributed by atoms with Crippen LogP contribution in [0.25, 0.3) is 0 Å². The third-order valence-electron chi connectivity index (χ3n) is 2.39. The summed E-state index contributed by atoms with van der Waals surface area (Å²) in [6.07, 6.45) is 2.23. The van der Waals surface area contributed by atoms with Crippen LogP contribution in [0.5, 0.6) is 0 Å². The van der Waals surface area contributed by atoms with Crippen LogP contribution in [-0.4, -0.2) is 21.6 Å². The molecule has 1 N–H and O–H groups in total. The third kappa shape index (κ3) is 1.99. The second-order valence-corrected chi connectivity index (χ2v) is 4.41. The highest BCUT2D eigenvalue weighted by Gasteiger charge is 2.48. The van der Waals surface area contributed by atoms with Crippen molar-refractivity contribution in [3.8, 4) is 0 Å². The molecule has 0 spiro atoms. The van der Waals surface area contributed by atoms with Crippen LogP contribution in [0.15, 0.2) is 16.6 Å². The van der Waals surface area contributed by atoms with Gasteiger partial charge in [0.05, 0.1) is 11.8 Å². The fraction of sp³-hybridized carbons (Fsp3) is 0.444. The number of thiazole rings is 1. The van der Waals surface area contributed by atoms with Crippen LogP contribution in [0.3, 0.4) is 0 Å². The van der Waals surface area contributed by atoms with Gasteiger partial charge in [0.2, 0.25) is 0 Å². The lowest BCUT2D eigenvalue weighted by atomic mass is 10.3. The van der Waals surface area contributed by atoms with Crippen molar-refractivity contribution in [3.05, 3.63) is 16.4 Å². The summed E-state index contributed by atoms with van der Waals surface area (Å²) in [5.41, 5.74) is 0. The van der Waals surface area contributed by atoms with E-state index < -0.39 is 17.8 Å². The van der Waals surface area contributed by atoms with Gasteiger partial charge in [-0.05, 0) is 6.42 Å². The monoisotopic (exact) mass is 226 g/mol. The Morgan fingerprint density at radius 3 is 2.80 bits per heavy atom. The van der Waals surface area contributed by atoms with Crippen molar-refractivity contribution in [2.24, 2.45) is 23.9 Å². The Morgan fingerprint density at radius 2 is 2.33 bits per heavy atom. The molecule has 2 atom stereocenters. The first-order valence-electron chi connectivity index (χ1n) is 4.51. The van der Waals surface area contributed by atoms with Gasteiger partial charge in [-0.3, -0.25) is 9.59 Å². The average Bonchev–Trinajstić information content (AvgIpc) is 2.88. The first-order valence-corrected chi connectivity index (χ1v) is 5.39. The third-order valence-corrected chi connectivity index (χ3v) is 3.24. The normalized spacial score (nSPS) is 25.3. The minimum absolute atomic E-state index is 0.319. The van der Waals surface area contributed by atoms with Gasteiger partial charge in [0.1, 0.15) is 0 Å². The average molecular weight is 226 g/mol. The van der Waals surface area contributed by atoms with Gasteiger partial charge < -0.3 is 9.67 Å². The van der Waals surface area contributed by atoms with E-state index in [1.807, 2.05) is 5.38 Å². The van der Waals surface area contributed by atoms with Gasteiger partial charge in [-0.25, -0.2) is 0 Å². The van der Waals surface area contributed by atoms with Crippen molar-refractivity contribution in [1.29, 1.82) is 0 Å². The molecule has 80 valence electrons. The number of hydrogen-bond donors (Lipinski definition) is 1. The molecule has 15 heavy (non-hydrogen) atoms. The number of nitrogens with zero attached hydrogens (tertiary/aromatic N) is 2. The first kappa shape index (κ1) is 10.1. The molecule has 1 aromatic rings. The van der Waals surface area contributed by atoms with Crippen molar-refractivity contribution >= 4 is 23.2 Å². The molecule has 0 unspecified atom stereocenters. The molecule has 0 saturated heterocycles. The van der Waals surface area contributed by atoms with E-state index in [0.29, 0.717) is 11.2 Å². The molecular formula is C9H10N2O3S. The Hall–Kier alpha value is -1.43. The van der Waals surface area contributed by atoms with E-state index in [-0.39, 0.29) is 5.91 Å². The molecule has 1 saturated carbocycles. The summed E-state index contributed by atoms with van der Waals surface area (Å²) in [7, 11) is 1.80. The molecule has 1 aliphatic rings. The largest absolute Gasteiger partial charge is 0.481 e. The number of carboxylic acid groups (broad SMARTS) is 1. The first-order chi connectivity index (χ1) is 7.09. The van der Waals surface area contributed by atoms with Crippen LogP contribution >= 0.6 is 11.3 Å². The summed E-state index contributed by atoms with van der Waals surface area (Å²) in [5.74, 6) is -2.16. The molecule has 1 aromatic heterocycles. The van der Waals surface area contributed by atoms with Crippen LogP contribution < -0.4 is 4.80 Å². The topological polar surface area (TPSA) is 71.7 Å². The van der Waals surface area contributed by atoms with E-state index in [4.69, 9.17) is 5.11 Å². The molecule has 1 amide bonds. The van der Waals surface area contributed by atoms with E-state index in [2.05, 4.69) is 4.99 Å². The number of carbonyl (C=O) groups excluding carboxylic acids is 1. The molecule has 1 fully saturated rings. The second-order valence-electron chi connectivity index (χ2n) is 3.53. The number of rotatable bonds is 2. The Morgan fingerprint density at radius 1 is 1.60 bits per heavy atom. The molecule has 0 radical (unpaired) electrons.